The SMILES string of the molecule is CC1CCCN(c2cccc(Cl)c2N)C1C. The molecule has 1 aromatic rings. The first-order valence-corrected chi connectivity index (χ1v) is 6.29. The van der Waals surface area contributed by atoms with Gasteiger partial charge < -0.3 is 10.6 Å². The molecule has 0 amide bonds. The number of anilines is 2. The van der Waals surface area contributed by atoms with Crippen LogP contribution in [0.3, 0.4) is 0 Å². The molecule has 2 N–H and O–H groups in total. The first-order valence-electron chi connectivity index (χ1n) is 5.92. The summed E-state index contributed by atoms with van der Waals surface area (Å²) in [5.74, 6) is 0.715. The van der Waals surface area contributed by atoms with E-state index in [1.807, 2.05) is 12.1 Å². The van der Waals surface area contributed by atoms with Gasteiger partial charge in [-0.2, -0.15) is 0 Å². The maximum atomic E-state index is 6.07. The molecular weight excluding hydrogens is 220 g/mol. The molecular formula is C13H19ClN2. The van der Waals surface area contributed by atoms with E-state index in [9.17, 15) is 0 Å². The minimum atomic E-state index is 0.537. The minimum absolute atomic E-state index is 0.537. The molecule has 16 heavy (non-hydrogen) atoms. The average molecular weight is 239 g/mol. The first kappa shape index (κ1) is 11.6. The highest BCUT2D eigenvalue weighted by Gasteiger charge is 2.26. The van der Waals surface area contributed by atoms with Crippen molar-refractivity contribution in [2.24, 2.45) is 5.92 Å². The predicted octanol–water partition coefficient (Wildman–Crippen LogP) is 3.55. The zero-order valence-corrected chi connectivity index (χ0v) is 10.7. The zero-order valence-electron chi connectivity index (χ0n) is 9.91. The van der Waals surface area contributed by atoms with Gasteiger partial charge in [0.1, 0.15) is 0 Å². The summed E-state index contributed by atoms with van der Waals surface area (Å²) in [6, 6.07) is 6.42. The van der Waals surface area contributed by atoms with Gasteiger partial charge in [0, 0.05) is 12.6 Å². The van der Waals surface area contributed by atoms with Gasteiger partial charge in [-0.15, -0.1) is 0 Å². The number of nitrogens with zero attached hydrogens (tertiary/aromatic N) is 1. The van der Waals surface area contributed by atoms with E-state index < -0.39 is 0 Å². The van der Waals surface area contributed by atoms with E-state index in [1.165, 1.54) is 12.8 Å². The van der Waals surface area contributed by atoms with Crippen LogP contribution in [0.15, 0.2) is 18.2 Å². The van der Waals surface area contributed by atoms with Crippen molar-refractivity contribution in [3.05, 3.63) is 23.2 Å². The molecule has 1 saturated heterocycles. The van der Waals surface area contributed by atoms with Crippen LogP contribution in [0.1, 0.15) is 26.7 Å². The fourth-order valence-electron chi connectivity index (χ4n) is 2.45. The van der Waals surface area contributed by atoms with Gasteiger partial charge >= 0.3 is 0 Å². The van der Waals surface area contributed by atoms with Crippen molar-refractivity contribution in [2.75, 3.05) is 17.2 Å². The smallest absolute Gasteiger partial charge is 0.0741 e. The molecule has 0 aliphatic carbocycles. The van der Waals surface area contributed by atoms with E-state index in [0.717, 1.165) is 12.2 Å². The van der Waals surface area contributed by atoms with Gasteiger partial charge in [-0.25, -0.2) is 0 Å². The summed E-state index contributed by atoms with van der Waals surface area (Å²) in [6.45, 7) is 5.65. The van der Waals surface area contributed by atoms with Gasteiger partial charge in [0.05, 0.1) is 16.4 Å². The largest absolute Gasteiger partial charge is 0.396 e. The van der Waals surface area contributed by atoms with Crippen LogP contribution in [0.4, 0.5) is 11.4 Å². The highest BCUT2D eigenvalue weighted by Crippen LogP contribution is 2.35. The lowest BCUT2D eigenvalue weighted by Gasteiger charge is -2.40. The molecule has 88 valence electrons. The zero-order chi connectivity index (χ0) is 11.7. The highest BCUT2D eigenvalue weighted by molar-refractivity contribution is 6.33. The second kappa shape index (κ2) is 4.54. The van der Waals surface area contributed by atoms with Crippen molar-refractivity contribution in [1.82, 2.24) is 0 Å². The Balaban J connectivity index is 2.32. The van der Waals surface area contributed by atoms with Crippen LogP contribution >= 0.6 is 11.6 Å². The van der Waals surface area contributed by atoms with Crippen LogP contribution in [-0.2, 0) is 0 Å². The van der Waals surface area contributed by atoms with E-state index >= 15 is 0 Å². The second-order valence-corrected chi connectivity index (χ2v) is 5.13. The van der Waals surface area contributed by atoms with Gasteiger partial charge in [0.15, 0.2) is 0 Å². The topological polar surface area (TPSA) is 29.3 Å². The lowest BCUT2D eigenvalue weighted by molar-refractivity contribution is 0.364. The number of hydrogen-bond donors (Lipinski definition) is 1. The Hall–Kier alpha value is -0.890. The molecule has 1 aliphatic rings. The molecule has 0 radical (unpaired) electrons. The number of hydrogen-bond acceptors (Lipinski definition) is 2. The third-order valence-electron chi connectivity index (χ3n) is 3.71. The maximum Gasteiger partial charge on any atom is 0.0741 e. The van der Waals surface area contributed by atoms with Gasteiger partial charge in [-0.05, 0) is 37.8 Å². The van der Waals surface area contributed by atoms with E-state index in [1.54, 1.807) is 0 Å². The fraction of sp³-hybridized carbons (Fsp3) is 0.538. The van der Waals surface area contributed by atoms with Gasteiger partial charge in [-0.3, -0.25) is 0 Å². The summed E-state index contributed by atoms with van der Waals surface area (Å²) in [6.07, 6.45) is 2.54. The number of nitrogen functional groups attached to an aromatic ring is 1. The normalized spacial score (nSPS) is 25.8. The molecule has 2 atom stereocenters. The molecule has 0 spiro atoms. The third kappa shape index (κ3) is 1.99. The fourth-order valence-corrected chi connectivity index (χ4v) is 2.62. The van der Waals surface area contributed by atoms with Crippen molar-refractivity contribution in [1.29, 1.82) is 0 Å². The summed E-state index contributed by atoms with van der Waals surface area (Å²) < 4.78 is 0. The molecule has 1 fully saturated rings. The molecule has 2 nitrogen and oxygen atoms in total. The number of piperidine rings is 1. The number of nitrogens with two attached hydrogens (primary N) is 1. The van der Waals surface area contributed by atoms with Crippen LogP contribution in [0, 0.1) is 5.92 Å². The van der Waals surface area contributed by atoms with Crippen molar-refractivity contribution >= 4 is 23.0 Å². The van der Waals surface area contributed by atoms with Crippen LogP contribution in [0.25, 0.3) is 0 Å². The molecule has 0 aromatic heterocycles. The lowest BCUT2D eigenvalue weighted by Crippen LogP contribution is -2.42. The highest BCUT2D eigenvalue weighted by atomic mass is 35.5. The Morgan fingerprint density at radius 1 is 1.38 bits per heavy atom. The average Bonchev–Trinajstić information content (AvgIpc) is 2.27. The molecule has 1 aliphatic heterocycles. The maximum absolute atomic E-state index is 6.07. The Labute approximate surface area is 102 Å². The van der Waals surface area contributed by atoms with Gasteiger partial charge in [-0.1, -0.05) is 24.6 Å². The monoisotopic (exact) mass is 238 g/mol. The summed E-state index contributed by atoms with van der Waals surface area (Å²) >= 11 is 6.07. The van der Waals surface area contributed by atoms with Crippen molar-refractivity contribution in [3.8, 4) is 0 Å². The third-order valence-corrected chi connectivity index (χ3v) is 4.04. The number of rotatable bonds is 1. The number of benzene rings is 1. The lowest BCUT2D eigenvalue weighted by atomic mass is 9.91. The molecule has 2 rings (SSSR count). The second-order valence-electron chi connectivity index (χ2n) is 4.73. The minimum Gasteiger partial charge on any atom is -0.396 e. The quantitative estimate of drug-likeness (QED) is 0.759. The molecule has 1 aromatic carbocycles. The summed E-state index contributed by atoms with van der Waals surface area (Å²) in [5, 5.41) is 0.655. The molecule has 0 saturated carbocycles. The Kier molecular flexibility index (Phi) is 3.29. The van der Waals surface area contributed by atoms with E-state index in [4.69, 9.17) is 17.3 Å². The number of halogens is 1. The van der Waals surface area contributed by atoms with E-state index in [0.29, 0.717) is 22.7 Å². The molecule has 3 heteroatoms. The standard InChI is InChI=1S/C13H19ClN2/c1-9-5-4-8-16(10(9)2)12-7-3-6-11(14)13(12)15/h3,6-7,9-10H,4-5,8,15H2,1-2H3. The first-order chi connectivity index (χ1) is 7.61. The summed E-state index contributed by atoms with van der Waals surface area (Å²) in [5.41, 5.74) is 7.85. The molecule has 2 unspecified atom stereocenters. The molecule has 0 bridgehead atoms. The molecule has 1 heterocycles. The summed E-state index contributed by atoms with van der Waals surface area (Å²) in [7, 11) is 0. The van der Waals surface area contributed by atoms with Crippen LogP contribution in [-0.4, -0.2) is 12.6 Å². The Morgan fingerprint density at radius 2 is 2.12 bits per heavy atom. The van der Waals surface area contributed by atoms with Crippen molar-refractivity contribution in [2.45, 2.75) is 32.7 Å². The Morgan fingerprint density at radius 3 is 2.88 bits per heavy atom. The number of para-hydroxylation sites is 1. The van der Waals surface area contributed by atoms with Gasteiger partial charge in [0.2, 0.25) is 0 Å². The van der Waals surface area contributed by atoms with E-state index in [2.05, 4.69) is 24.8 Å². The summed E-state index contributed by atoms with van der Waals surface area (Å²) in [4.78, 5) is 2.38. The van der Waals surface area contributed by atoms with E-state index in [-0.39, 0.29) is 0 Å². The van der Waals surface area contributed by atoms with Crippen molar-refractivity contribution in [3.63, 3.8) is 0 Å². The van der Waals surface area contributed by atoms with Crippen LogP contribution in [0.5, 0.6) is 0 Å². The van der Waals surface area contributed by atoms with Crippen molar-refractivity contribution < 1.29 is 0 Å². The van der Waals surface area contributed by atoms with Crippen LogP contribution < -0.4 is 10.6 Å². The van der Waals surface area contributed by atoms with Gasteiger partial charge in [0.25, 0.3) is 0 Å². The Bertz CT molecular complexity index is 378. The van der Waals surface area contributed by atoms with Crippen LogP contribution in [0.2, 0.25) is 5.02 Å². The predicted molar refractivity (Wildman–Crippen MR) is 71.1 cm³/mol.